The van der Waals surface area contributed by atoms with Gasteiger partial charge < -0.3 is 11.1 Å². The summed E-state index contributed by atoms with van der Waals surface area (Å²) in [6.07, 6.45) is 4.59. The van der Waals surface area contributed by atoms with Crippen molar-refractivity contribution >= 4 is 11.6 Å². The highest BCUT2D eigenvalue weighted by atomic mass is 19.1. The molecule has 98 valence electrons. The van der Waals surface area contributed by atoms with Gasteiger partial charge in [0.2, 0.25) is 0 Å². The molecule has 0 radical (unpaired) electrons. The summed E-state index contributed by atoms with van der Waals surface area (Å²) >= 11 is 0. The van der Waals surface area contributed by atoms with Crippen LogP contribution in [0.15, 0.2) is 18.2 Å². The first kappa shape index (κ1) is 12.9. The van der Waals surface area contributed by atoms with Crippen molar-refractivity contribution < 1.29 is 9.18 Å². The quantitative estimate of drug-likeness (QED) is 0.789. The molecule has 0 unspecified atom stereocenters. The second-order valence-electron chi connectivity index (χ2n) is 5.16. The maximum absolute atomic E-state index is 13.1. The van der Waals surface area contributed by atoms with E-state index in [1.54, 1.807) is 0 Å². The third-order valence-electron chi connectivity index (χ3n) is 3.62. The van der Waals surface area contributed by atoms with E-state index in [4.69, 9.17) is 5.73 Å². The number of carbonyl (C=O) groups is 1. The number of nitrogens with one attached hydrogen (secondary N) is 1. The molecule has 1 aliphatic rings. The van der Waals surface area contributed by atoms with E-state index < -0.39 is 5.82 Å². The summed E-state index contributed by atoms with van der Waals surface area (Å²) in [5, 5.41) is 2.87. The van der Waals surface area contributed by atoms with Gasteiger partial charge in [-0.15, -0.1) is 0 Å². The van der Waals surface area contributed by atoms with Gasteiger partial charge in [0.1, 0.15) is 5.82 Å². The maximum atomic E-state index is 13.1. The molecule has 1 saturated carbocycles. The van der Waals surface area contributed by atoms with E-state index in [1.807, 2.05) is 0 Å². The molecular weight excluding hydrogens is 231 g/mol. The molecule has 0 aliphatic heterocycles. The van der Waals surface area contributed by atoms with Crippen LogP contribution in [-0.2, 0) is 0 Å². The van der Waals surface area contributed by atoms with Crippen molar-refractivity contribution in [3.05, 3.63) is 29.6 Å². The minimum atomic E-state index is -0.441. The molecule has 0 bridgehead atoms. The van der Waals surface area contributed by atoms with Crippen LogP contribution in [0.4, 0.5) is 10.1 Å². The van der Waals surface area contributed by atoms with E-state index in [0.717, 1.165) is 12.8 Å². The lowest BCUT2D eigenvalue weighted by Crippen LogP contribution is -2.30. The van der Waals surface area contributed by atoms with Gasteiger partial charge in [-0.2, -0.15) is 0 Å². The highest BCUT2D eigenvalue weighted by molar-refractivity contribution is 5.99. The summed E-state index contributed by atoms with van der Waals surface area (Å²) in [6, 6.07) is 3.86. The van der Waals surface area contributed by atoms with Gasteiger partial charge in [-0.3, -0.25) is 4.79 Å². The molecule has 1 aliphatic carbocycles. The SMILES string of the molecule is CCCC1(CNC(=O)c2cc(F)ccc2N)CC1. The largest absolute Gasteiger partial charge is 0.398 e. The van der Waals surface area contributed by atoms with E-state index in [1.165, 1.54) is 31.0 Å². The fourth-order valence-corrected chi connectivity index (χ4v) is 2.31. The lowest BCUT2D eigenvalue weighted by molar-refractivity contribution is 0.0944. The average molecular weight is 250 g/mol. The molecule has 1 aromatic rings. The number of rotatable bonds is 5. The van der Waals surface area contributed by atoms with Crippen LogP contribution in [0.5, 0.6) is 0 Å². The minimum absolute atomic E-state index is 0.224. The molecule has 3 nitrogen and oxygen atoms in total. The van der Waals surface area contributed by atoms with Gasteiger partial charge >= 0.3 is 0 Å². The number of nitrogen functional groups attached to an aromatic ring is 1. The van der Waals surface area contributed by atoms with Crippen molar-refractivity contribution in [1.82, 2.24) is 5.32 Å². The molecule has 0 heterocycles. The van der Waals surface area contributed by atoms with Crippen LogP contribution in [0.25, 0.3) is 0 Å². The lowest BCUT2D eigenvalue weighted by Gasteiger charge is -2.15. The molecule has 1 aromatic carbocycles. The number of amides is 1. The Morgan fingerprint density at radius 3 is 2.83 bits per heavy atom. The number of hydrogen-bond acceptors (Lipinski definition) is 2. The maximum Gasteiger partial charge on any atom is 0.253 e. The smallest absolute Gasteiger partial charge is 0.253 e. The highest BCUT2D eigenvalue weighted by Crippen LogP contribution is 2.48. The van der Waals surface area contributed by atoms with Crippen LogP contribution in [-0.4, -0.2) is 12.5 Å². The monoisotopic (exact) mass is 250 g/mol. The summed E-state index contributed by atoms with van der Waals surface area (Å²) in [5.74, 6) is -0.724. The second kappa shape index (κ2) is 4.96. The van der Waals surface area contributed by atoms with Crippen LogP contribution in [0.3, 0.4) is 0 Å². The Bertz CT molecular complexity index is 455. The predicted molar refractivity (Wildman–Crippen MR) is 69.7 cm³/mol. The Balaban J connectivity index is 1.98. The fraction of sp³-hybridized carbons (Fsp3) is 0.500. The average Bonchev–Trinajstić information content (AvgIpc) is 3.10. The van der Waals surface area contributed by atoms with E-state index in [9.17, 15) is 9.18 Å². The lowest BCUT2D eigenvalue weighted by atomic mass is 10.0. The van der Waals surface area contributed by atoms with Crippen LogP contribution in [0, 0.1) is 11.2 Å². The second-order valence-corrected chi connectivity index (χ2v) is 5.16. The number of carbonyl (C=O) groups excluding carboxylic acids is 1. The highest BCUT2D eigenvalue weighted by Gasteiger charge is 2.41. The number of nitrogens with two attached hydrogens (primary N) is 1. The Labute approximate surface area is 107 Å². The molecule has 0 aromatic heterocycles. The van der Waals surface area contributed by atoms with Gasteiger partial charge in [0.15, 0.2) is 0 Å². The number of hydrogen-bond donors (Lipinski definition) is 2. The van der Waals surface area contributed by atoms with E-state index in [0.29, 0.717) is 12.2 Å². The first-order valence-electron chi connectivity index (χ1n) is 6.39. The number of anilines is 1. The third-order valence-corrected chi connectivity index (χ3v) is 3.62. The van der Waals surface area contributed by atoms with Gasteiger partial charge in [-0.1, -0.05) is 13.3 Å². The van der Waals surface area contributed by atoms with Crippen LogP contribution < -0.4 is 11.1 Å². The topological polar surface area (TPSA) is 55.1 Å². The molecule has 2 rings (SSSR count). The van der Waals surface area contributed by atoms with Crippen molar-refractivity contribution in [1.29, 1.82) is 0 Å². The molecule has 4 heteroatoms. The Morgan fingerprint density at radius 2 is 2.22 bits per heavy atom. The normalized spacial score (nSPS) is 16.3. The number of benzene rings is 1. The predicted octanol–water partition coefficient (Wildman–Crippen LogP) is 2.72. The Kier molecular flexibility index (Phi) is 3.55. The molecule has 0 saturated heterocycles. The Hall–Kier alpha value is -1.58. The zero-order valence-electron chi connectivity index (χ0n) is 10.6. The van der Waals surface area contributed by atoms with Gasteiger partial charge in [0.05, 0.1) is 5.56 Å². The Morgan fingerprint density at radius 1 is 1.50 bits per heavy atom. The first-order chi connectivity index (χ1) is 8.56. The van der Waals surface area contributed by atoms with Crippen molar-refractivity contribution in [2.45, 2.75) is 32.6 Å². The standard InChI is InChI=1S/C14H19FN2O/c1-2-5-14(6-7-14)9-17-13(18)11-8-10(15)3-4-12(11)16/h3-4,8H,2,5-7,9,16H2,1H3,(H,17,18). The van der Waals surface area contributed by atoms with Gasteiger partial charge in [0.25, 0.3) is 5.91 Å². The molecular formula is C14H19FN2O. The number of halogens is 1. The zero-order valence-corrected chi connectivity index (χ0v) is 10.6. The minimum Gasteiger partial charge on any atom is -0.398 e. The van der Waals surface area contributed by atoms with Gasteiger partial charge in [0, 0.05) is 12.2 Å². The first-order valence-corrected chi connectivity index (χ1v) is 6.39. The van der Waals surface area contributed by atoms with Crippen molar-refractivity contribution in [2.24, 2.45) is 5.41 Å². The molecule has 0 spiro atoms. The summed E-state index contributed by atoms with van der Waals surface area (Å²) in [6.45, 7) is 2.81. The van der Waals surface area contributed by atoms with Crippen LogP contribution >= 0.6 is 0 Å². The van der Waals surface area contributed by atoms with E-state index in [-0.39, 0.29) is 16.9 Å². The van der Waals surface area contributed by atoms with Gasteiger partial charge in [-0.25, -0.2) is 4.39 Å². The summed E-state index contributed by atoms with van der Waals surface area (Å²) in [7, 11) is 0. The van der Waals surface area contributed by atoms with Gasteiger partial charge in [-0.05, 0) is 42.9 Å². The van der Waals surface area contributed by atoms with Crippen LogP contribution in [0.1, 0.15) is 43.0 Å². The molecule has 1 amide bonds. The molecule has 0 atom stereocenters. The zero-order chi connectivity index (χ0) is 13.2. The third kappa shape index (κ3) is 2.81. The van der Waals surface area contributed by atoms with E-state index in [2.05, 4.69) is 12.2 Å². The summed E-state index contributed by atoms with van der Waals surface area (Å²) in [5.41, 5.74) is 6.50. The molecule has 1 fully saturated rings. The fourth-order valence-electron chi connectivity index (χ4n) is 2.31. The van der Waals surface area contributed by atoms with Crippen LogP contribution in [0.2, 0.25) is 0 Å². The summed E-state index contributed by atoms with van der Waals surface area (Å²) in [4.78, 5) is 11.9. The molecule has 18 heavy (non-hydrogen) atoms. The van der Waals surface area contributed by atoms with Crippen molar-refractivity contribution in [3.8, 4) is 0 Å². The van der Waals surface area contributed by atoms with Crippen molar-refractivity contribution in [3.63, 3.8) is 0 Å². The van der Waals surface area contributed by atoms with E-state index >= 15 is 0 Å². The summed E-state index contributed by atoms with van der Waals surface area (Å²) < 4.78 is 13.1. The van der Waals surface area contributed by atoms with Crippen molar-refractivity contribution in [2.75, 3.05) is 12.3 Å². The molecule has 3 N–H and O–H groups in total.